The van der Waals surface area contributed by atoms with Crippen LogP contribution in [-0.2, 0) is 9.63 Å². The normalized spacial score (nSPS) is 14.1. The molecule has 0 saturated heterocycles. The van der Waals surface area contributed by atoms with Crippen molar-refractivity contribution < 1.29 is 14.4 Å². The number of rotatable bonds is 7. The molecule has 1 N–H and O–H groups in total. The molecular weight excluding hydrogens is 327 g/mol. The van der Waals surface area contributed by atoms with Crippen LogP contribution in [0.1, 0.15) is 30.6 Å². The van der Waals surface area contributed by atoms with Crippen molar-refractivity contribution in [2.24, 2.45) is 10.6 Å². The van der Waals surface area contributed by atoms with Crippen LogP contribution in [0, 0.1) is 5.41 Å². The number of amidine groups is 1. The molecule has 0 aliphatic heterocycles. The number of carbonyl (C=O) groups excluding carboxylic acids is 2. The average Bonchev–Trinajstić information content (AvgIpc) is 2.57. The molecule has 0 aromatic heterocycles. The van der Waals surface area contributed by atoms with Crippen molar-refractivity contribution in [3.8, 4) is 0 Å². The first kappa shape index (κ1) is 18.5. The molecule has 7 heteroatoms. The van der Waals surface area contributed by atoms with Crippen LogP contribution in [0.25, 0.3) is 0 Å². The molecule has 1 amide bonds. The zero-order valence-corrected chi connectivity index (χ0v) is 13.9. The SMILES string of the molecule is CCC(C)(C(=O)CCl)/C(=N/OCCl)NC(=O)c1ccccc1. The summed E-state index contributed by atoms with van der Waals surface area (Å²) in [6.07, 6.45) is 0.401. The Bertz CT molecular complexity index is 549. The number of alkyl halides is 2. The minimum Gasteiger partial charge on any atom is -0.378 e. The molecule has 0 spiro atoms. The summed E-state index contributed by atoms with van der Waals surface area (Å²) in [7, 11) is 0. The van der Waals surface area contributed by atoms with Crippen LogP contribution in [0.3, 0.4) is 0 Å². The van der Waals surface area contributed by atoms with Gasteiger partial charge in [-0.15, -0.1) is 11.6 Å². The van der Waals surface area contributed by atoms with Crippen LogP contribution in [0.15, 0.2) is 35.5 Å². The van der Waals surface area contributed by atoms with E-state index in [1.807, 2.05) is 0 Å². The summed E-state index contributed by atoms with van der Waals surface area (Å²) in [5, 5.41) is 6.42. The summed E-state index contributed by atoms with van der Waals surface area (Å²) in [6, 6.07) is 8.40. The lowest BCUT2D eigenvalue weighted by Crippen LogP contribution is -2.47. The summed E-state index contributed by atoms with van der Waals surface area (Å²) < 4.78 is 0. The summed E-state index contributed by atoms with van der Waals surface area (Å²) >= 11 is 11.1. The molecule has 0 radical (unpaired) electrons. The fourth-order valence-corrected chi connectivity index (χ4v) is 2.11. The molecule has 0 aliphatic rings. The number of halogens is 2. The Morgan fingerprint density at radius 2 is 1.91 bits per heavy atom. The quantitative estimate of drug-likeness (QED) is 0.357. The summed E-state index contributed by atoms with van der Waals surface area (Å²) in [4.78, 5) is 29.2. The van der Waals surface area contributed by atoms with Crippen molar-refractivity contribution in [2.45, 2.75) is 20.3 Å². The van der Waals surface area contributed by atoms with E-state index in [-0.39, 0.29) is 29.5 Å². The number of amides is 1. The van der Waals surface area contributed by atoms with Gasteiger partial charge in [-0.3, -0.25) is 9.59 Å². The van der Waals surface area contributed by atoms with Crippen molar-refractivity contribution >= 4 is 40.7 Å². The Balaban J connectivity index is 3.08. The predicted octanol–water partition coefficient (Wildman–Crippen LogP) is 3.17. The number of carbonyl (C=O) groups is 2. The number of hydrogen-bond donors (Lipinski definition) is 1. The lowest BCUT2D eigenvalue weighted by Gasteiger charge is -2.27. The van der Waals surface area contributed by atoms with E-state index < -0.39 is 5.41 Å². The van der Waals surface area contributed by atoms with E-state index >= 15 is 0 Å². The van der Waals surface area contributed by atoms with Gasteiger partial charge in [0.25, 0.3) is 5.91 Å². The van der Waals surface area contributed by atoms with Gasteiger partial charge in [-0.25, -0.2) is 0 Å². The Hall–Kier alpha value is -1.59. The second-order valence-electron chi connectivity index (χ2n) is 4.74. The maximum absolute atomic E-state index is 12.3. The molecule has 5 nitrogen and oxygen atoms in total. The first-order valence-electron chi connectivity index (χ1n) is 6.71. The van der Waals surface area contributed by atoms with Crippen molar-refractivity contribution in [1.82, 2.24) is 5.32 Å². The lowest BCUT2D eigenvalue weighted by molar-refractivity contribution is -0.122. The fourth-order valence-electron chi connectivity index (χ4n) is 1.76. The first-order chi connectivity index (χ1) is 10.5. The van der Waals surface area contributed by atoms with Gasteiger partial charge in [-0.05, 0) is 25.5 Å². The fraction of sp³-hybridized carbons (Fsp3) is 0.400. The van der Waals surface area contributed by atoms with Crippen LogP contribution in [0.4, 0.5) is 0 Å². The van der Waals surface area contributed by atoms with Gasteiger partial charge in [0.05, 0.1) is 11.3 Å². The van der Waals surface area contributed by atoms with Crippen molar-refractivity contribution in [3.63, 3.8) is 0 Å². The molecule has 1 atom stereocenters. The van der Waals surface area contributed by atoms with Gasteiger partial charge in [0, 0.05) is 5.56 Å². The number of benzene rings is 1. The van der Waals surface area contributed by atoms with Gasteiger partial charge in [0.1, 0.15) is 0 Å². The highest BCUT2D eigenvalue weighted by Crippen LogP contribution is 2.25. The second-order valence-corrected chi connectivity index (χ2v) is 5.23. The van der Waals surface area contributed by atoms with Crippen LogP contribution < -0.4 is 5.32 Å². The highest BCUT2D eigenvalue weighted by molar-refractivity contribution is 6.31. The molecule has 1 aromatic carbocycles. The monoisotopic (exact) mass is 344 g/mol. The Morgan fingerprint density at radius 1 is 1.27 bits per heavy atom. The van der Waals surface area contributed by atoms with E-state index in [4.69, 9.17) is 28.0 Å². The minimum atomic E-state index is -1.06. The second kappa shape index (κ2) is 8.76. The largest absolute Gasteiger partial charge is 0.378 e. The van der Waals surface area contributed by atoms with Crippen molar-refractivity contribution in [1.29, 1.82) is 0 Å². The van der Waals surface area contributed by atoms with Crippen LogP contribution in [0.5, 0.6) is 0 Å². The number of oxime groups is 1. The maximum atomic E-state index is 12.3. The van der Waals surface area contributed by atoms with Crippen LogP contribution >= 0.6 is 23.2 Å². The molecule has 1 unspecified atom stereocenters. The van der Waals surface area contributed by atoms with E-state index in [0.717, 1.165) is 0 Å². The molecule has 0 heterocycles. The number of hydrogen-bond acceptors (Lipinski definition) is 4. The molecule has 1 rings (SSSR count). The average molecular weight is 345 g/mol. The first-order valence-corrected chi connectivity index (χ1v) is 7.78. The zero-order chi connectivity index (χ0) is 16.6. The zero-order valence-electron chi connectivity index (χ0n) is 12.4. The van der Waals surface area contributed by atoms with E-state index in [1.165, 1.54) is 0 Å². The van der Waals surface area contributed by atoms with Gasteiger partial charge >= 0.3 is 0 Å². The van der Waals surface area contributed by atoms with Crippen molar-refractivity contribution in [2.75, 3.05) is 11.9 Å². The van der Waals surface area contributed by atoms with E-state index in [0.29, 0.717) is 12.0 Å². The van der Waals surface area contributed by atoms with Crippen LogP contribution in [-0.4, -0.2) is 29.5 Å². The van der Waals surface area contributed by atoms with E-state index in [1.54, 1.807) is 44.2 Å². The standard InChI is InChI=1S/C15H18Cl2N2O3/c1-3-15(2,12(20)9-16)14(19-22-10-17)18-13(21)11-7-5-4-6-8-11/h4-8H,3,9-10H2,1-2H3,(H,18,19,21). The van der Waals surface area contributed by atoms with Crippen LogP contribution in [0.2, 0.25) is 0 Å². The van der Waals surface area contributed by atoms with Gasteiger partial charge in [0.2, 0.25) is 0 Å². The van der Waals surface area contributed by atoms with E-state index in [2.05, 4.69) is 10.5 Å². The molecule has 0 fully saturated rings. The molecular formula is C15H18Cl2N2O3. The summed E-state index contributed by atoms with van der Waals surface area (Å²) in [5.41, 5.74) is -0.615. The molecule has 0 saturated carbocycles. The van der Waals surface area contributed by atoms with Gasteiger partial charge in [-0.1, -0.05) is 41.9 Å². The smallest absolute Gasteiger partial charge is 0.256 e. The Kier molecular flexibility index (Phi) is 7.35. The number of Topliss-reactive ketones (excluding diaryl/α,β-unsaturated/α-hetero) is 1. The third kappa shape index (κ3) is 4.45. The van der Waals surface area contributed by atoms with Crippen molar-refractivity contribution in [3.05, 3.63) is 35.9 Å². The number of nitrogens with zero attached hydrogens (tertiary/aromatic N) is 1. The topological polar surface area (TPSA) is 67.8 Å². The Morgan fingerprint density at radius 3 is 2.41 bits per heavy atom. The van der Waals surface area contributed by atoms with Gasteiger partial charge < -0.3 is 10.2 Å². The minimum absolute atomic E-state index is 0.0927. The highest BCUT2D eigenvalue weighted by atomic mass is 35.5. The molecule has 120 valence electrons. The van der Waals surface area contributed by atoms with Gasteiger partial charge in [-0.2, -0.15) is 0 Å². The summed E-state index contributed by atoms with van der Waals surface area (Å²) in [5.74, 6) is -0.748. The lowest BCUT2D eigenvalue weighted by atomic mass is 9.82. The highest BCUT2D eigenvalue weighted by Gasteiger charge is 2.38. The predicted molar refractivity (Wildman–Crippen MR) is 87.3 cm³/mol. The molecule has 0 bridgehead atoms. The third-order valence-corrected chi connectivity index (χ3v) is 3.78. The summed E-state index contributed by atoms with van der Waals surface area (Å²) in [6.45, 7) is 3.45. The van der Waals surface area contributed by atoms with Gasteiger partial charge in [0.15, 0.2) is 17.7 Å². The Labute approximate surface area is 139 Å². The molecule has 0 aliphatic carbocycles. The molecule has 22 heavy (non-hydrogen) atoms. The third-order valence-electron chi connectivity index (χ3n) is 3.44. The van der Waals surface area contributed by atoms with E-state index in [9.17, 15) is 9.59 Å². The molecule has 1 aromatic rings. The number of nitrogens with one attached hydrogen (secondary N) is 1. The maximum Gasteiger partial charge on any atom is 0.256 e. The number of ketones is 1.